The van der Waals surface area contributed by atoms with Gasteiger partial charge in [0.2, 0.25) is 0 Å². The summed E-state index contributed by atoms with van der Waals surface area (Å²) in [5.74, 6) is 0.689. The highest BCUT2D eigenvalue weighted by atomic mass is 35.5. The van der Waals surface area contributed by atoms with Crippen molar-refractivity contribution >= 4 is 45.8 Å². The van der Waals surface area contributed by atoms with Crippen molar-refractivity contribution in [2.45, 2.75) is 0 Å². The zero-order valence-corrected chi connectivity index (χ0v) is 16.0. The van der Waals surface area contributed by atoms with Gasteiger partial charge in [0, 0.05) is 22.2 Å². The number of para-hydroxylation sites is 2. The lowest BCUT2D eigenvalue weighted by atomic mass is 10.2. The molecular formula is C19H13Cl2N3OS. The van der Waals surface area contributed by atoms with Crippen LogP contribution in [0.15, 0.2) is 54.0 Å². The van der Waals surface area contributed by atoms with Crippen LogP contribution in [0.3, 0.4) is 0 Å². The second kappa shape index (κ2) is 8.24. The molecule has 1 N–H and O–H groups in total. The Kier molecular flexibility index (Phi) is 5.79. The Morgan fingerprint density at radius 3 is 2.81 bits per heavy atom. The molecule has 0 radical (unpaired) electrons. The van der Waals surface area contributed by atoms with Crippen molar-refractivity contribution in [2.24, 2.45) is 0 Å². The second-order valence-electron chi connectivity index (χ2n) is 5.18. The van der Waals surface area contributed by atoms with E-state index in [2.05, 4.69) is 16.4 Å². The standard InChI is InChI=1S/C19H13Cl2N3OS/c1-25-18-5-3-2-4-16(18)23-10-12(9-22)19-24-17(11-26-19)14-7-6-13(20)8-15(14)21/h2-8,10-11,23H,1H3/b12-10-. The van der Waals surface area contributed by atoms with Crippen molar-refractivity contribution in [3.05, 3.63) is 69.1 Å². The highest BCUT2D eigenvalue weighted by Crippen LogP contribution is 2.32. The highest BCUT2D eigenvalue weighted by Gasteiger charge is 2.12. The summed E-state index contributed by atoms with van der Waals surface area (Å²) in [7, 11) is 1.60. The molecule has 0 unspecified atom stereocenters. The van der Waals surface area contributed by atoms with Crippen LogP contribution in [0.4, 0.5) is 5.69 Å². The van der Waals surface area contributed by atoms with Gasteiger partial charge < -0.3 is 10.1 Å². The van der Waals surface area contributed by atoms with E-state index in [0.29, 0.717) is 32.1 Å². The molecule has 0 aliphatic heterocycles. The number of allylic oxidation sites excluding steroid dienone is 1. The quantitative estimate of drug-likeness (QED) is 0.524. The number of hydrogen-bond donors (Lipinski definition) is 1. The third kappa shape index (κ3) is 4.00. The summed E-state index contributed by atoms with van der Waals surface area (Å²) < 4.78 is 5.29. The van der Waals surface area contributed by atoms with Crippen molar-refractivity contribution in [2.75, 3.05) is 12.4 Å². The van der Waals surface area contributed by atoms with Crippen molar-refractivity contribution in [3.63, 3.8) is 0 Å². The molecular weight excluding hydrogens is 389 g/mol. The van der Waals surface area contributed by atoms with E-state index in [4.69, 9.17) is 27.9 Å². The van der Waals surface area contributed by atoms with Crippen LogP contribution in [0.1, 0.15) is 5.01 Å². The number of hydrogen-bond acceptors (Lipinski definition) is 5. The number of aromatic nitrogens is 1. The Hall–Kier alpha value is -2.52. The number of rotatable bonds is 5. The average Bonchev–Trinajstić information content (AvgIpc) is 3.12. The van der Waals surface area contributed by atoms with Gasteiger partial charge in [-0.05, 0) is 30.3 Å². The number of anilines is 1. The van der Waals surface area contributed by atoms with Gasteiger partial charge in [-0.1, -0.05) is 35.3 Å². The first kappa shape index (κ1) is 18.3. The van der Waals surface area contributed by atoms with E-state index < -0.39 is 0 Å². The molecule has 2 aromatic carbocycles. The summed E-state index contributed by atoms with van der Waals surface area (Å²) in [6.07, 6.45) is 1.62. The predicted molar refractivity (Wildman–Crippen MR) is 108 cm³/mol. The lowest BCUT2D eigenvalue weighted by Gasteiger charge is -2.07. The summed E-state index contributed by atoms with van der Waals surface area (Å²) in [5, 5.41) is 16.1. The van der Waals surface area contributed by atoms with Gasteiger partial charge in [0.05, 0.1) is 23.5 Å². The first-order valence-corrected chi connectivity index (χ1v) is 9.17. The maximum atomic E-state index is 9.49. The third-order valence-electron chi connectivity index (χ3n) is 3.54. The number of ether oxygens (including phenoxy) is 1. The van der Waals surface area contributed by atoms with Crippen LogP contribution in [-0.2, 0) is 0 Å². The molecule has 0 atom stereocenters. The molecule has 0 saturated carbocycles. The molecule has 3 aromatic rings. The first-order chi connectivity index (χ1) is 12.6. The van der Waals surface area contributed by atoms with Crippen molar-refractivity contribution in [1.82, 2.24) is 4.98 Å². The Morgan fingerprint density at radius 1 is 1.27 bits per heavy atom. The maximum Gasteiger partial charge on any atom is 0.142 e. The van der Waals surface area contributed by atoms with Crippen LogP contribution < -0.4 is 10.1 Å². The number of methoxy groups -OCH3 is 1. The summed E-state index contributed by atoms with van der Waals surface area (Å²) >= 11 is 13.5. The number of nitrogens with one attached hydrogen (secondary N) is 1. The van der Waals surface area contributed by atoms with Gasteiger partial charge in [0.25, 0.3) is 0 Å². The zero-order chi connectivity index (χ0) is 18.5. The van der Waals surface area contributed by atoms with Gasteiger partial charge in [0.1, 0.15) is 22.4 Å². The summed E-state index contributed by atoms with van der Waals surface area (Å²) in [6.45, 7) is 0. The normalized spacial score (nSPS) is 11.1. The minimum atomic E-state index is 0.414. The van der Waals surface area contributed by atoms with Gasteiger partial charge >= 0.3 is 0 Å². The molecule has 1 heterocycles. The molecule has 4 nitrogen and oxygen atoms in total. The van der Waals surface area contributed by atoms with Gasteiger partial charge in [-0.3, -0.25) is 0 Å². The molecule has 0 bridgehead atoms. The second-order valence-corrected chi connectivity index (χ2v) is 6.88. The fourth-order valence-electron chi connectivity index (χ4n) is 2.27. The largest absolute Gasteiger partial charge is 0.495 e. The van der Waals surface area contributed by atoms with Gasteiger partial charge in [-0.2, -0.15) is 5.26 Å². The van der Waals surface area contributed by atoms with Crippen molar-refractivity contribution in [3.8, 4) is 23.1 Å². The van der Waals surface area contributed by atoms with E-state index in [0.717, 1.165) is 11.3 Å². The molecule has 130 valence electrons. The average molecular weight is 402 g/mol. The molecule has 0 fully saturated rings. The third-order valence-corrected chi connectivity index (χ3v) is 4.96. The minimum Gasteiger partial charge on any atom is -0.495 e. The van der Waals surface area contributed by atoms with Crippen LogP contribution in [-0.4, -0.2) is 12.1 Å². The Bertz CT molecular complexity index is 1010. The lowest BCUT2D eigenvalue weighted by Crippen LogP contribution is -1.94. The van der Waals surface area contributed by atoms with E-state index >= 15 is 0 Å². The summed E-state index contributed by atoms with van der Waals surface area (Å²) in [6, 6.07) is 14.9. The van der Waals surface area contributed by atoms with Crippen LogP contribution in [0.2, 0.25) is 10.0 Å². The van der Waals surface area contributed by atoms with Crippen molar-refractivity contribution < 1.29 is 4.74 Å². The molecule has 0 aliphatic rings. The summed E-state index contributed by atoms with van der Waals surface area (Å²) in [5.41, 5.74) is 2.65. The monoisotopic (exact) mass is 401 g/mol. The van der Waals surface area contributed by atoms with Crippen molar-refractivity contribution in [1.29, 1.82) is 5.26 Å². The minimum absolute atomic E-state index is 0.414. The molecule has 0 amide bonds. The maximum absolute atomic E-state index is 9.49. The van der Waals surface area contributed by atoms with E-state index in [1.807, 2.05) is 35.7 Å². The molecule has 1 aromatic heterocycles. The topological polar surface area (TPSA) is 57.9 Å². The molecule has 0 aliphatic carbocycles. The number of benzene rings is 2. The molecule has 0 saturated heterocycles. The Labute approximate surface area is 165 Å². The molecule has 26 heavy (non-hydrogen) atoms. The number of nitrogens with zero attached hydrogens (tertiary/aromatic N) is 2. The summed E-state index contributed by atoms with van der Waals surface area (Å²) in [4.78, 5) is 4.53. The van der Waals surface area contributed by atoms with Crippen LogP contribution in [0, 0.1) is 11.3 Å². The van der Waals surface area contributed by atoms with E-state index in [1.54, 1.807) is 25.4 Å². The predicted octanol–water partition coefficient (Wildman–Crippen LogP) is 6.10. The SMILES string of the molecule is COc1ccccc1N/C=C(/C#N)c1nc(-c2ccc(Cl)cc2Cl)cs1. The number of thiazole rings is 1. The van der Waals surface area contributed by atoms with Gasteiger partial charge in [-0.15, -0.1) is 11.3 Å². The number of nitriles is 1. The number of halogens is 2. The van der Waals surface area contributed by atoms with Crippen LogP contribution in [0.25, 0.3) is 16.8 Å². The zero-order valence-electron chi connectivity index (χ0n) is 13.7. The van der Waals surface area contributed by atoms with E-state index in [9.17, 15) is 5.26 Å². The smallest absolute Gasteiger partial charge is 0.142 e. The first-order valence-electron chi connectivity index (χ1n) is 7.53. The van der Waals surface area contributed by atoms with E-state index in [1.165, 1.54) is 11.3 Å². The fourth-order valence-corrected chi connectivity index (χ4v) is 3.56. The molecule has 7 heteroatoms. The molecule has 3 rings (SSSR count). The Balaban J connectivity index is 1.87. The lowest BCUT2D eigenvalue weighted by molar-refractivity contribution is 0.417. The Morgan fingerprint density at radius 2 is 2.08 bits per heavy atom. The van der Waals surface area contributed by atoms with Gasteiger partial charge in [0.15, 0.2) is 0 Å². The van der Waals surface area contributed by atoms with Crippen LogP contribution in [0.5, 0.6) is 5.75 Å². The molecule has 0 spiro atoms. The van der Waals surface area contributed by atoms with E-state index in [-0.39, 0.29) is 0 Å². The van der Waals surface area contributed by atoms with Gasteiger partial charge in [-0.25, -0.2) is 4.98 Å². The fraction of sp³-hybridized carbons (Fsp3) is 0.0526. The van der Waals surface area contributed by atoms with Crippen LogP contribution >= 0.6 is 34.5 Å². The highest BCUT2D eigenvalue weighted by molar-refractivity contribution is 7.11.